The minimum Gasteiger partial charge on any atom is -0.361 e. The Labute approximate surface area is 186 Å². The Morgan fingerprint density at radius 3 is 2.78 bits per heavy atom. The maximum Gasteiger partial charge on any atom is 0.242 e. The lowest BCUT2D eigenvalue weighted by Crippen LogP contribution is -2.44. The quantitative estimate of drug-likeness (QED) is 0.441. The van der Waals surface area contributed by atoms with Gasteiger partial charge in [0.25, 0.3) is 0 Å². The number of hydrogen-bond donors (Lipinski definition) is 2. The zero-order valence-corrected chi connectivity index (χ0v) is 18.2. The molecule has 0 saturated carbocycles. The molecule has 2 aromatic heterocycles. The fraction of sp³-hybridized carbons (Fsp3) is 0.320. The van der Waals surface area contributed by atoms with Gasteiger partial charge in [-0.15, -0.1) is 0 Å². The van der Waals surface area contributed by atoms with Crippen LogP contribution in [0, 0.1) is 6.92 Å². The lowest BCUT2D eigenvalue weighted by Gasteiger charge is -2.24. The van der Waals surface area contributed by atoms with Gasteiger partial charge in [0.15, 0.2) is 0 Å². The predicted molar refractivity (Wildman–Crippen MR) is 124 cm³/mol. The van der Waals surface area contributed by atoms with E-state index in [1.54, 1.807) is 4.90 Å². The van der Waals surface area contributed by atoms with Crippen molar-refractivity contribution >= 4 is 33.6 Å². The Balaban J connectivity index is 1.19. The summed E-state index contributed by atoms with van der Waals surface area (Å²) in [6, 6.07) is 15.7. The molecule has 4 aromatic rings. The third kappa shape index (κ3) is 3.75. The average molecular weight is 430 g/mol. The average Bonchev–Trinajstić information content (AvgIpc) is 3.48. The van der Waals surface area contributed by atoms with Crippen LogP contribution in [0.15, 0.2) is 54.7 Å². The van der Waals surface area contributed by atoms with Crippen LogP contribution in [-0.2, 0) is 22.7 Å². The molecule has 1 aliphatic rings. The molecule has 1 atom stereocenters. The van der Waals surface area contributed by atoms with E-state index in [1.807, 2.05) is 53.3 Å². The second-order valence-electron chi connectivity index (χ2n) is 8.41. The maximum atomic E-state index is 12.9. The number of likely N-dealkylation sites (tertiary alicyclic amines) is 1. The van der Waals surface area contributed by atoms with Crippen molar-refractivity contribution in [2.75, 3.05) is 6.54 Å². The highest BCUT2D eigenvalue weighted by atomic mass is 16.2. The molecule has 1 aliphatic heterocycles. The third-order valence-electron chi connectivity index (χ3n) is 6.40. The van der Waals surface area contributed by atoms with Crippen molar-refractivity contribution < 1.29 is 9.59 Å². The highest BCUT2D eigenvalue weighted by Gasteiger charge is 2.36. The molecule has 1 fully saturated rings. The summed E-state index contributed by atoms with van der Waals surface area (Å²) in [5.41, 5.74) is 4.20. The Bertz CT molecular complexity index is 1290. The first-order valence-corrected chi connectivity index (χ1v) is 11.2. The molecule has 7 nitrogen and oxygen atoms in total. The van der Waals surface area contributed by atoms with Crippen molar-refractivity contribution in [3.8, 4) is 0 Å². The lowest BCUT2D eigenvalue weighted by atomic mass is 10.1. The van der Waals surface area contributed by atoms with E-state index in [-0.39, 0.29) is 11.8 Å². The van der Waals surface area contributed by atoms with Crippen LogP contribution in [0.2, 0.25) is 0 Å². The highest BCUT2D eigenvalue weighted by Crippen LogP contribution is 2.25. The van der Waals surface area contributed by atoms with Gasteiger partial charge in [-0.25, -0.2) is 0 Å². The van der Waals surface area contributed by atoms with E-state index in [4.69, 9.17) is 0 Å². The van der Waals surface area contributed by atoms with Crippen molar-refractivity contribution in [2.45, 2.75) is 45.3 Å². The number of carbonyl (C=O) groups is 2. The van der Waals surface area contributed by atoms with E-state index in [1.165, 1.54) is 0 Å². The van der Waals surface area contributed by atoms with Crippen LogP contribution in [0.4, 0.5) is 0 Å². The van der Waals surface area contributed by atoms with Crippen molar-refractivity contribution in [1.82, 2.24) is 25.0 Å². The monoisotopic (exact) mass is 429 g/mol. The van der Waals surface area contributed by atoms with Crippen LogP contribution < -0.4 is 5.32 Å². The minimum absolute atomic E-state index is 0.0364. The van der Waals surface area contributed by atoms with Crippen molar-refractivity contribution in [3.05, 3.63) is 66.0 Å². The Hall–Kier alpha value is -3.61. The molecule has 3 heterocycles. The molecule has 5 rings (SSSR count). The van der Waals surface area contributed by atoms with Gasteiger partial charge in [-0.2, -0.15) is 5.10 Å². The molecule has 2 N–H and O–H groups in total. The highest BCUT2D eigenvalue weighted by molar-refractivity contribution is 5.91. The molecule has 1 saturated heterocycles. The van der Waals surface area contributed by atoms with Crippen molar-refractivity contribution in [1.29, 1.82) is 0 Å². The number of benzene rings is 2. The number of aromatic nitrogens is 3. The zero-order valence-electron chi connectivity index (χ0n) is 18.2. The largest absolute Gasteiger partial charge is 0.361 e. The molecule has 0 radical (unpaired) electrons. The fourth-order valence-electron chi connectivity index (χ4n) is 4.64. The SMILES string of the molecule is Cc1c2ccccc2nn1CCCNC(=O)C1CCC(=O)N1Cc1c[nH]c2ccccc12. The van der Waals surface area contributed by atoms with E-state index in [2.05, 4.69) is 28.4 Å². The summed E-state index contributed by atoms with van der Waals surface area (Å²) < 4.78 is 2.00. The number of rotatable bonds is 7. The number of carbonyl (C=O) groups excluding carboxylic acids is 2. The number of nitrogens with one attached hydrogen (secondary N) is 2. The summed E-state index contributed by atoms with van der Waals surface area (Å²) in [5.74, 6) is -0.0349. The van der Waals surface area contributed by atoms with Crippen LogP contribution in [0.25, 0.3) is 21.8 Å². The molecular weight excluding hydrogens is 402 g/mol. The van der Waals surface area contributed by atoms with Crippen LogP contribution in [0.3, 0.4) is 0 Å². The van der Waals surface area contributed by atoms with Gasteiger partial charge in [-0.1, -0.05) is 36.4 Å². The molecule has 2 aromatic carbocycles. The van der Waals surface area contributed by atoms with Gasteiger partial charge >= 0.3 is 0 Å². The van der Waals surface area contributed by atoms with E-state index in [0.29, 0.717) is 25.9 Å². The first-order chi connectivity index (χ1) is 15.6. The number of aromatic amines is 1. The standard InChI is InChI=1S/C25H27N5O2/c1-17-19-7-2-5-10-22(19)28-30(17)14-6-13-26-25(32)23-11-12-24(31)29(23)16-18-15-27-21-9-4-3-8-20(18)21/h2-5,7-10,15,23,27H,6,11-14,16H2,1H3,(H,26,32). The Kier molecular flexibility index (Phi) is 5.39. The van der Waals surface area contributed by atoms with Crippen LogP contribution in [0.5, 0.6) is 0 Å². The van der Waals surface area contributed by atoms with Gasteiger partial charge in [0, 0.05) is 54.2 Å². The zero-order chi connectivity index (χ0) is 22.1. The van der Waals surface area contributed by atoms with Gasteiger partial charge in [-0.05, 0) is 37.5 Å². The molecule has 0 bridgehead atoms. The summed E-state index contributed by atoms with van der Waals surface area (Å²) in [5, 5.41) is 9.93. The van der Waals surface area contributed by atoms with Gasteiger partial charge < -0.3 is 15.2 Å². The third-order valence-corrected chi connectivity index (χ3v) is 6.40. The molecule has 164 valence electrons. The van der Waals surface area contributed by atoms with Gasteiger partial charge in [0.1, 0.15) is 6.04 Å². The van der Waals surface area contributed by atoms with E-state index in [9.17, 15) is 9.59 Å². The molecule has 0 spiro atoms. The van der Waals surface area contributed by atoms with Crippen molar-refractivity contribution in [3.63, 3.8) is 0 Å². The number of aryl methyl sites for hydroxylation is 2. The summed E-state index contributed by atoms with van der Waals surface area (Å²) in [6.07, 6.45) is 3.70. The first-order valence-electron chi connectivity index (χ1n) is 11.2. The maximum absolute atomic E-state index is 12.9. The first kappa shape index (κ1) is 20.3. The summed E-state index contributed by atoms with van der Waals surface area (Å²) in [7, 11) is 0. The van der Waals surface area contributed by atoms with Gasteiger partial charge in [0.05, 0.1) is 5.52 Å². The number of amides is 2. The number of para-hydroxylation sites is 1. The smallest absolute Gasteiger partial charge is 0.242 e. The topological polar surface area (TPSA) is 83.0 Å². The van der Waals surface area contributed by atoms with Crippen LogP contribution >= 0.6 is 0 Å². The number of hydrogen-bond acceptors (Lipinski definition) is 3. The van der Waals surface area contributed by atoms with Gasteiger partial charge in [0.2, 0.25) is 11.8 Å². The second kappa shape index (κ2) is 8.49. The van der Waals surface area contributed by atoms with Crippen LogP contribution in [0.1, 0.15) is 30.5 Å². The van der Waals surface area contributed by atoms with E-state index < -0.39 is 6.04 Å². The normalized spacial score (nSPS) is 16.3. The predicted octanol–water partition coefficient (Wildman–Crippen LogP) is 3.52. The summed E-state index contributed by atoms with van der Waals surface area (Å²) in [6.45, 7) is 3.81. The molecule has 0 aliphatic carbocycles. The van der Waals surface area contributed by atoms with E-state index >= 15 is 0 Å². The molecule has 32 heavy (non-hydrogen) atoms. The number of nitrogens with zero attached hydrogens (tertiary/aromatic N) is 3. The number of H-pyrrole nitrogens is 1. The summed E-state index contributed by atoms with van der Waals surface area (Å²) >= 11 is 0. The number of fused-ring (bicyclic) bond motifs is 2. The van der Waals surface area contributed by atoms with Gasteiger partial charge in [-0.3, -0.25) is 14.3 Å². The summed E-state index contributed by atoms with van der Waals surface area (Å²) in [4.78, 5) is 30.4. The second-order valence-corrected chi connectivity index (χ2v) is 8.41. The molecule has 7 heteroatoms. The van der Waals surface area contributed by atoms with Crippen LogP contribution in [-0.4, -0.2) is 44.1 Å². The minimum atomic E-state index is -0.412. The molecule has 1 unspecified atom stereocenters. The Morgan fingerprint density at radius 2 is 1.94 bits per heavy atom. The van der Waals surface area contributed by atoms with Crippen molar-refractivity contribution in [2.24, 2.45) is 0 Å². The fourth-order valence-corrected chi connectivity index (χ4v) is 4.64. The lowest BCUT2D eigenvalue weighted by molar-refractivity contribution is -0.135. The van der Waals surface area contributed by atoms with E-state index in [0.717, 1.165) is 46.0 Å². The molecule has 2 amide bonds. The Morgan fingerprint density at radius 1 is 1.16 bits per heavy atom. The molecular formula is C25H27N5O2.